The smallest absolute Gasteiger partial charge is 0.358 e. The van der Waals surface area contributed by atoms with E-state index in [2.05, 4.69) is 23.0 Å². The van der Waals surface area contributed by atoms with Crippen molar-refractivity contribution < 1.29 is 9.53 Å². The van der Waals surface area contributed by atoms with E-state index in [-0.39, 0.29) is 5.92 Å². The van der Waals surface area contributed by atoms with Gasteiger partial charge in [0.15, 0.2) is 5.69 Å². The fourth-order valence-electron chi connectivity index (χ4n) is 2.24. The summed E-state index contributed by atoms with van der Waals surface area (Å²) in [4.78, 5) is 19.6. The van der Waals surface area contributed by atoms with Crippen LogP contribution in [0.5, 0.6) is 0 Å². The van der Waals surface area contributed by atoms with E-state index in [0.717, 1.165) is 23.5 Å². The van der Waals surface area contributed by atoms with Crippen LogP contribution in [-0.2, 0) is 11.2 Å². The first-order valence-corrected chi connectivity index (χ1v) is 6.85. The van der Waals surface area contributed by atoms with Crippen LogP contribution >= 0.6 is 0 Å². The third-order valence-electron chi connectivity index (χ3n) is 3.34. The molecule has 0 unspecified atom stereocenters. The van der Waals surface area contributed by atoms with Crippen molar-refractivity contribution in [2.24, 2.45) is 0 Å². The number of hydrogen-bond acceptors (Lipinski definition) is 3. The zero-order valence-corrected chi connectivity index (χ0v) is 12.4. The second-order valence-electron chi connectivity index (χ2n) is 5.00. The predicted molar refractivity (Wildman–Crippen MR) is 78.8 cm³/mol. The molecular formula is C16H20N2O2. The van der Waals surface area contributed by atoms with E-state index in [1.54, 1.807) is 0 Å². The van der Waals surface area contributed by atoms with Crippen molar-refractivity contribution in [3.63, 3.8) is 0 Å². The van der Waals surface area contributed by atoms with Crippen molar-refractivity contribution in [2.45, 2.75) is 33.1 Å². The number of rotatable bonds is 4. The third-order valence-corrected chi connectivity index (χ3v) is 3.34. The molecule has 2 aromatic rings. The van der Waals surface area contributed by atoms with E-state index < -0.39 is 5.97 Å². The van der Waals surface area contributed by atoms with Crippen LogP contribution in [0.3, 0.4) is 0 Å². The molecule has 0 saturated heterocycles. The fourth-order valence-corrected chi connectivity index (χ4v) is 2.24. The molecule has 0 spiro atoms. The summed E-state index contributed by atoms with van der Waals surface area (Å²) in [6, 6.07) is 8.08. The molecule has 0 saturated carbocycles. The summed E-state index contributed by atoms with van der Waals surface area (Å²) in [5, 5.41) is 0. The van der Waals surface area contributed by atoms with Gasteiger partial charge in [0.2, 0.25) is 0 Å². The molecule has 4 nitrogen and oxygen atoms in total. The van der Waals surface area contributed by atoms with Gasteiger partial charge < -0.3 is 9.72 Å². The van der Waals surface area contributed by atoms with Gasteiger partial charge in [0.25, 0.3) is 0 Å². The number of carbonyl (C=O) groups excluding carboxylic acids is 1. The molecular weight excluding hydrogens is 252 g/mol. The molecule has 0 aliphatic carbocycles. The molecule has 0 aliphatic rings. The lowest BCUT2D eigenvalue weighted by atomic mass is 10.1. The lowest BCUT2D eigenvalue weighted by molar-refractivity contribution is 0.0593. The summed E-state index contributed by atoms with van der Waals surface area (Å²) in [6.45, 7) is 6.15. The van der Waals surface area contributed by atoms with Gasteiger partial charge in [-0.1, -0.05) is 45.0 Å². The van der Waals surface area contributed by atoms with E-state index in [0.29, 0.717) is 5.69 Å². The van der Waals surface area contributed by atoms with E-state index in [1.807, 2.05) is 32.0 Å². The van der Waals surface area contributed by atoms with E-state index in [4.69, 9.17) is 4.74 Å². The molecule has 0 radical (unpaired) electrons. The van der Waals surface area contributed by atoms with Gasteiger partial charge in [-0.2, -0.15) is 0 Å². The molecule has 1 N–H and O–H groups in total. The highest BCUT2D eigenvalue weighted by Crippen LogP contribution is 2.26. The Balaban J connectivity index is 2.56. The Morgan fingerprint density at radius 1 is 1.35 bits per heavy atom. The van der Waals surface area contributed by atoms with Gasteiger partial charge in [0, 0.05) is 5.56 Å². The maximum absolute atomic E-state index is 11.8. The van der Waals surface area contributed by atoms with Gasteiger partial charge in [-0.3, -0.25) is 0 Å². The maximum atomic E-state index is 11.8. The summed E-state index contributed by atoms with van der Waals surface area (Å²) in [5.41, 5.74) is 3.43. The zero-order valence-electron chi connectivity index (χ0n) is 12.4. The summed E-state index contributed by atoms with van der Waals surface area (Å²) < 4.78 is 4.81. The average Bonchev–Trinajstić information content (AvgIpc) is 2.91. The Morgan fingerprint density at radius 2 is 2.05 bits per heavy atom. The van der Waals surface area contributed by atoms with Crippen LogP contribution < -0.4 is 0 Å². The van der Waals surface area contributed by atoms with E-state index >= 15 is 0 Å². The Kier molecular flexibility index (Phi) is 4.23. The number of nitrogens with one attached hydrogen (secondary N) is 1. The van der Waals surface area contributed by atoms with Crippen LogP contribution in [0.2, 0.25) is 0 Å². The Labute approximate surface area is 119 Å². The molecule has 20 heavy (non-hydrogen) atoms. The normalized spacial score (nSPS) is 10.8. The molecule has 0 aliphatic heterocycles. The monoisotopic (exact) mass is 272 g/mol. The highest BCUT2D eigenvalue weighted by molar-refractivity contribution is 5.89. The van der Waals surface area contributed by atoms with Gasteiger partial charge >= 0.3 is 5.97 Å². The molecule has 4 heteroatoms. The van der Waals surface area contributed by atoms with E-state index in [9.17, 15) is 4.79 Å². The van der Waals surface area contributed by atoms with Crippen molar-refractivity contribution in [1.29, 1.82) is 0 Å². The number of aromatic nitrogens is 2. The summed E-state index contributed by atoms with van der Waals surface area (Å²) >= 11 is 0. The minimum Gasteiger partial charge on any atom is -0.464 e. The van der Waals surface area contributed by atoms with Crippen LogP contribution in [-0.4, -0.2) is 23.0 Å². The number of imidazole rings is 1. The number of methoxy groups -OCH3 is 1. The zero-order chi connectivity index (χ0) is 14.7. The van der Waals surface area contributed by atoms with Gasteiger partial charge in [0.1, 0.15) is 5.82 Å². The molecule has 1 aromatic carbocycles. The van der Waals surface area contributed by atoms with Crippen LogP contribution in [0.4, 0.5) is 0 Å². The molecule has 0 atom stereocenters. The highest BCUT2D eigenvalue weighted by Gasteiger charge is 2.21. The average molecular weight is 272 g/mol. The summed E-state index contributed by atoms with van der Waals surface area (Å²) in [5.74, 6) is 0.510. The Hall–Kier alpha value is -2.10. The van der Waals surface area contributed by atoms with E-state index in [1.165, 1.54) is 12.7 Å². The predicted octanol–water partition coefficient (Wildman–Crippen LogP) is 3.55. The SMILES string of the molecule is CCc1ccccc1-c1nc(C(=O)OC)c(C(C)C)[nH]1. The van der Waals surface area contributed by atoms with Gasteiger partial charge in [-0.25, -0.2) is 9.78 Å². The third kappa shape index (κ3) is 2.59. The number of benzene rings is 1. The van der Waals surface area contributed by atoms with Crippen molar-refractivity contribution >= 4 is 5.97 Å². The topological polar surface area (TPSA) is 55.0 Å². The number of aromatic amines is 1. The largest absolute Gasteiger partial charge is 0.464 e. The number of esters is 1. The van der Waals surface area contributed by atoms with Crippen molar-refractivity contribution in [3.05, 3.63) is 41.2 Å². The summed E-state index contributed by atoms with van der Waals surface area (Å²) in [7, 11) is 1.38. The number of ether oxygens (including phenoxy) is 1. The summed E-state index contributed by atoms with van der Waals surface area (Å²) in [6.07, 6.45) is 0.918. The number of H-pyrrole nitrogens is 1. The van der Waals surface area contributed by atoms with Crippen LogP contribution in [0.15, 0.2) is 24.3 Å². The molecule has 106 valence electrons. The quantitative estimate of drug-likeness (QED) is 0.866. The molecule has 0 bridgehead atoms. The van der Waals surface area contributed by atoms with Crippen LogP contribution in [0.25, 0.3) is 11.4 Å². The Morgan fingerprint density at radius 3 is 2.65 bits per heavy atom. The van der Waals surface area contributed by atoms with Crippen molar-refractivity contribution in [3.8, 4) is 11.4 Å². The lowest BCUT2D eigenvalue weighted by Crippen LogP contribution is -2.06. The lowest BCUT2D eigenvalue weighted by Gasteiger charge is -2.04. The van der Waals surface area contributed by atoms with Gasteiger partial charge in [-0.05, 0) is 17.9 Å². The second kappa shape index (κ2) is 5.90. The van der Waals surface area contributed by atoms with Crippen LogP contribution in [0, 0.1) is 0 Å². The highest BCUT2D eigenvalue weighted by atomic mass is 16.5. The first kappa shape index (κ1) is 14.3. The second-order valence-corrected chi connectivity index (χ2v) is 5.00. The standard InChI is InChI=1S/C16H20N2O2/c1-5-11-8-6-7-9-12(11)15-17-13(10(2)3)14(18-15)16(19)20-4/h6-10H,5H2,1-4H3,(H,17,18). The maximum Gasteiger partial charge on any atom is 0.358 e. The molecule has 0 amide bonds. The Bertz CT molecular complexity index is 615. The molecule has 1 aromatic heterocycles. The minimum atomic E-state index is -0.398. The van der Waals surface area contributed by atoms with Crippen LogP contribution in [0.1, 0.15) is 48.4 Å². The fraction of sp³-hybridized carbons (Fsp3) is 0.375. The minimum absolute atomic E-state index is 0.180. The van der Waals surface area contributed by atoms with Gasteiger partial charge in [-0.15, -0.1) is 0 Å². The first-order valence-electron chi connectivity index (χ1n) is 6.85. The molecule has 1 heterocycles. The number of hydrogen-bond donors (Lipinski definition) is 1. The van der Waals surface area contributed by atoms with Crippen molar-refractivity contribution in [2.75, 3.05) is 7.11 Å². The number of nitrogens with zero attached hydrogens (tertiary/aromatic N) is 1. The first-order chi connectivity index (χ1) is 9.58. The van der Waals surface area contributed by atoms with Gasteiger partial charge in [0.05, 0.1) is 12.8 Å². The molecule has 2 rings (SSSR count). The number of aryl methyl sites for hydroxylation is 1. The number of carbonyl (C=O) groups is 1. The molecule has 0 fully saturated rings. The van der Waals surface area contributed by atoms with Crippen molar-refractivity contribution in [1.82, 2.24) is 9.97 Å².